The molecule has 0 saturated carbocycles. The van der Waals surface area contributed by atoms with E-state index in [9.17, 15) is 0 Å². The van der Waals surface area contributed by atoms with Crippen LogP contribution in [0.5, 0.6) is 0 Å². The second-order valence-electron chi connectivity index (χ2n) is 18.9. The van der Waals surface area contributed by atoms with Gasteiger partial charge in [-0.15, -0.1) is 0 Å². The largest absolute Gasteiger partial charge is 0.258 e. The number of hydrogen-bond donors (Lipinski definition) is 0. The number of pyridine rings is 4. The maximum Gasteiger partial charge on any atom is 0.0588 e. The maximum absolute atomic E-state index is 4.43. The number of benzene rings is 1. The van der Waals surface area contributed by atoms with Crippen molar-refractivity contribution in [1.82, 2.24) is 29.9 Å². The molecule has 6 nitrogen and oxygen atoms in total. The minimum atomic E-state index is 0. The number of aromatic nitrogens is 6. The summed E-state index contributed by atoms with van der Waals surface area (Å²) >= 11 is 0. The van der Waals surface area contributed by atoms with Crippen LogP contribution in [0.1, 0.15) is 168 Å². The molecule has 0 amide bonds. The Labute approximate surface area is 467 Å². The van der Waals surface area contributed by atoms with Crippen LogP contribution in [0.3, 0.4) is 0 Å². The van der Waals surface area contributed by atoms with E-state index >= 15 is 0 Å². The molecule has 0 spiro atoms. The number of hydrogen-bond acceptors (Lipinski definition) is 6. The summed E-state index contributed by atoms with van der Waals surface area (Å²) in [7, 11) is 0. The minimum Gasteiger partial charge on any atom is -0.258 e. The third kappa shape index (κ3) is 17.8. The molecule has 366 valence electrons. The summed E-state index contributed by atoms with van der Waals surface area (Å²) in [5, 5.41) is 0. The SMILES string of the molecule is Cc1c(C)c(C)c(C)c(C)c1C.Cc1nc(C)c(C)c(C)c1C.Cc1nc(C)c(C)c(C)c1C.Cc1nc(C)c(C)c(C)c1C.Cc1nc(C)c(C)c(C)c1C.Cc1nc(C)c(C)nc1C.[Y].[Y]. The van der Waals surface area contributed by atoms with E-state index in [-0.39, 0.29) is 65.4 Å². The summed E-state index contributed by atoms with van der Waals surface area (Å²) in [6, 6.07) is 0. The summed E-state index contributed by atoms with van der Waals surface area (Å²) in [6.07, 6.45) is 0. The fraction of sp³-hybridized carbons (Fsp3) is 0.500. The third-order valence-corrected chi connectivity index (χ3v) is 15.3. The standard InChI is InChI=1S/C12H18.4C10H15N.C8H12N2.2Y/c1-7-8(2)10(4)12(6)11(5)9(7)3;4*1-6-7(2)9(4)11-10(5)8(6)3;1-5-6(2)10-8(4)7(3)9-5;;/h1-6H3;4*1-5H3;1-4H3;;. The topological polar surface area (TPSA) is 77.3 Å². The second kappa shape index (κ2) is 29.5. The Morgan fingerprint density at radius 1 is 0.118 bits per heavy atom. The number of aryl methyl sites for hydroxylation is 12. The Morgan fingerprint density at radius 2 is 0.191 bits per heavy atom. The van der Waals surface area contributed by atoms with Crippen LogP contribution >= 0.6 is 0 Å². The zero-order valence-corrected chi connectivity index (χ0v) is 54.5. The van der Waals surface area contributed by atoms with Gasteiger partial charge in [-0.2, -0.15) is 0 Å². The molecule has 0 fully saturated rings. The van der Waals surface area contributed by atoms with E-state index < -0.39 is 0 Å². The molecule has 2 radical (unpaired) electrons. The Kier molecular flexibility index (Phi) is 29.1. The van der Waals surface area contributed by atoms with Gasteiger partial charge < -0.3 is 0 Å². The van der Waals surface area contributed by atoms with Crippen LogP contribution in [0, 0.1) is 208 Å². The van der Waals surface area contributed by atoms with Crippen LogP contribution in [0.25, 0.3) is 0 Å². The molecule has 5 aromatic heterocycles. The Hall–Kier alpha value is -2.89. The van der Waals surface area contributed by atoms with Crippen molar-refractivity contribution in [2.75, 3.05) is 0 Å². The molecular formula is C60H90N6Y2. The summed E-state index contributed by atoms with van der Waals surface area (Å²) in [5.74, 6) is 0. The molecule has 0 unspecified atom stereocenters. The van der Waals surface area contributed by atoms with Gasteiger partial charge in [-0.25, -0.2) is 0 Å². The normalized spacial score (nSPS) is 9.97. The van der Waals surface area contributed by atoms with Crippen molar-refractivity contribution in [2.45, 2.75) is 208 Å². The zero-order valence-electron chi connectivity index (χ0n) is 48.8. The molecule has 8 heteroatoms. The molecule has 6 rings (SSSR count). The van der Waals surface area contributed by atoms with Crippen LogP contribution in [0.4, 0.5) is 0 Å². The van der Waals surface area contributed by atoms with Gasteiger partial charge in [0.1, 0.15) is 0 Å². The predicted molar refractivity (Wildman–Crippen MR) is 288 cm³/mol. The van der Waals surface area contributed by atoms with E-state index in [2.05, 4.69) is 210 Å². The first-order valence-corrected chi connectivity index (χ1v) is 23.7. The maximum atomic E-state index is 4.43. The number of nitrogens with zero attached hydrogens (tertiary/aromatic N) is 6. The van der Waals surface area contributed by atoms with Gasteiger partial charge in [0, 0.05) is 111 Å². The Morgan fingerprint density at radius 3 is 0.294 bits per heavy atom. The van der Waals surface area contributed by atoms with Crippen molar-refractivity contribution in [3.05, 3.63) is 168 Å². The third-order valence-electron chi connectivity index (χ3n) is 15.3. The smallest absolute Gasteiger partial charge is 0.0588 e. The van der Waals surface area contributed by atoms with Crippen LogP contribution in [-0.4, -0.2) is 29.9 Å². The van der Waals surface area contributed by atoms with Crippen molar-refractivity contribution in [3.63, 3.8) is 0 Å². The van der Waals surface area contributed by atoms with Gasteiger partial charge in [0.25, 0.3) is 0 Å². The van der Waals surface area contributed by atoms with E-state index in [1.807, 2.05) is 27.7 Å². The quantitative estimate of drug-likeness (QED) is 0.151. The van der Waals surface area contributed by atoms with E-state index in [0.717, 1.165) is 68.3 Å². The average Bonchev–Trinajstić information content (AvgIpc) is 3.27. The van der Waals surface area contributed by atoms with E-state index in [4.69, 9.17) is 0 Å². The fourth-order valence-electron chi connectivity index (χ4n) is 7.49. The molecule has 68 heavy (non-hydrogen) atoms. The van der Waals surface area contributed by atoms with Crippen LogP contribution < -0.4 is 0 Å². The van der Waals surface area contributed by atoms with Gasteiger partial charge >= 0.3 is 0 Å². The van der Waals surface area contributed by atoms with Crippen molar-refractivity contribution >= 4 is 0 Å². The minimum absolute atomic E-state index is 0. The molecule has 0 aliphatic rings. The van der Waals surface area contributed by atoms with Crippen molar-refractivity contribution in [1.29, 1.82) is 0 Å². The van der Waals surface area contributed by atoms with Gasteiger partial charge in [0.15, 0.2) is 0 Å². The van der Waals surface area contributed by atoms with Gasteiger partial charge in [-0.05, 0) is 308 Å². The van der Waals surface area contributed by atoms with Crippen molar-refractivity contribution in [3.8, 4) is 0 Å². The monoisotopic (exact) mass is 1070 g/mol. The molecule has 5 heterocycles. The van der Waals surface area contributed by atoms with E-state index in [1.165, 1.54) is 100 Å². The van der Waals surface area contributed by atoms with Crippen LogP contribution in [0.2, 0.25) is 0 Å². The first kappa shape index (κ1) is 67.2. The van der Waals surface area contributed by atoms with Gasteiger partial charge in [-0.1, -0.05) is 0 Å². The second-order valence-corrected chi connectivity index (χ2v) is 18.9. The Bertz CT molecular complexity index is 2180. The first-order chi connectivity index (χ1) is 30.2. The molecular weight excluding hydrogens is 983 g/mol. The first-order valence-electron chi connectivity index (χ1n) is 23.7. The average molecular weight is 1070 g/mol. The zero-order chi connectivity index (χ0) is 51.6. The molecule has 0 aliphatic heterocycles. The van der Waals surface area contributed by atoms with Crippen molar-refractivity contribution in [2.24, 2.45) is 0 Å². The van der Waals surface area contributed by atoms with Crippen LogP contribution in [-0.2, 0) is 65.4 Å². The summed E-state index contributed by atoms with van der Waals surface area (Å²) < 4.78 is 0. The van der Waals surface area contributed by atoms with Gasteiger partial charge in [-0.3, -0.25) is 29.9 Å². The van der Waals surface area contributed by atoms with Crippen LogP contribution in [0.15, 0.2) is 0 Å². The van der Waals surface area contributed by atoms with Gasteiger partial charge in [0.05, 0.1) is 22.8 Å². The van der Waals surface area contributed by atoms with E-state index in [0.29, 0.717) is 0 Å². The Balaban J connectivity index is 0. The van der Waals surface area contributed by atoms with Crippen molar-refractivity contribution < 1.29 is 65.4 Å². The van der Waals surface area contributed by atoms with Gasteiger partial charge in [0.2, 0.25) is 0 Å². The van der Waals surface area contributed by atoms with E-state index in [1.54, 1.807) is 0 Å². The summed E-state index contributed by atoms with van der Waals surface area (Å²) in [6.45, 7) is 63.4. The molecule has 0 N–H and O–H groups in total. The predicted octanol–water partition coefficient (Wildman–Crippen LogP) is 15.7. The molecule has 0 bridgehead atoms. The summed E-state index contributed by atoms with van der Waals surface area (Å²) in [4.78, 5) is 26.4. The molecule has 0 aliphatic carbocycles. The number of rotatable bonds is 0. The fourth-order valence-corrected chi connectivity index (χ4v) is 7.49. The summed E-state index contributed by atoms with van der Waals surface area (Å²) in [5.41, 5.74) is 38.3. The molecule has 6 aromatic rings. The molecule has 1 aromatic carbocycles. The molecule has 0 saturated heterocycles. The molecule has 0 atom stereocenters.